The first-order chi connectivity index (χ1) is 15.0. The average Bonchev–Trinajstić information content (AvgIpc) is 3.29. The van der Waals surface area contributed by atoms with Crippen LogP contribution >= 0.6 is 0 Å². The van der Waals surface area contributed by atoms with E-state index in [2.05, 4.69) is 27.1 Å². The van der Waals surface area contributed by atoms with E-state index in [-0.39, 0.29) is 17.6 Å². The summed E-state index contributed by atoms with van der Waals surface area (Å²) in [6.45, 7) is 2.10. The Morgan fingerprint density at radius 1 is 0.968 bits per heavy atom. The molecule has 4 aromatic rings. The van der Waals surface area contributed by atoms with Crippen molar-refractivity contribution < 1.29 is 9.21 Å². The molecule has 0 atom stereocenters. The number of carbonyl (C=O) groups is 1. The lowest BCUT2D eigenvalue weighted by molar-refractivity contribution is 0.0827. The van der Waals surface area contributed by atoms with E-state index in [4.69, 9.17) is 10.2 Å². The van der Waals surface area contributed by atoms with Gasteiger partial charge in [-0.05, 0) is 36.2 Å². The van der Waals surface area contributed by atoms with Gasteiger partial charge < -0.3 is 15.1 Å². The van der Waals surface area contributed by atoms with Crippen molar-refractivity contribution in [2.24, 2.45) is 0 Å². The molecule has 0 radical (unpaired) electrons. The number of aromatic nitrogens is 4. The van der Waals surface area contributed by atoms with Crippen LogP contribution in [0, 0.1) is 0 Å². The zero-order chi connectivity index (χ0) is 22.0. The molecule has 8 nitrogen and oxygen atoms in total. The Bertz CT molecular complexity index is 1210. The SMILES string of the molecule is CCc1ccc(-c2nnc(-c3nc(-c4ccc(C(=O)N(C)C)cc4)cnc3N)o2)cc1. The van der Waals surface area contributed by atoms with Crippen LogP contribution in [-0.2, 0) is 6.42 Å². The van der Waals surface area contributed by atoms with E-state index < -0.39 is 0 Å². The largest absolute Gasteiger partial charge is 0.414 e. The zero-order valence-corrected chi connectivity index (χ0v) is 17.5. The van der Waals surface area contributed by atoms with Gasteiger partial charge in [-0.15, -0.1) is 10.2 Å². The summed E-state index contributed by atoms with van der Waals surface area (Å²) >= 11 is 0. The second-order valence-electron chi connectivity index (χ2n) is 7.23. The third kappa shape index (κ3) is 4.13. The van der Waals surface area contributed by atoms with Crippen molar-refractivity contribution in [1.29, 1.82) is 0 Å². The third-order valence-corrected chi connectivity index (χ3v) is 4.87. The van der Waals surface area contributed by atoms with Crippen molar-refractivity contribution in [2.45, 2.75) is 13.3 Å². The molecule has 2 aromatic carbocycles. The van der Waals surface area contributed by atoms with Crippen molar-refractivity contribution >= 4 is 11.7 Å². The fourth-order valence-electron chi connectivity index (χ4n) is 3.06. The molecule has 8 heteroatoms. The molecule has 31 heavy (non-hydrogen) atoms. The summed E-state index contributed by atoms with van der Waals surface area (Å²) in [6.07, 6.45) is 2.53. The highest BCUT2D eigenvalue weighted by Crippen LogP contribution is 2.28. The van der Waals surface area contributed by atoms with E-state index in [0.717, 1.165) is 17.5 Å². The number of anilines is 1. The van der Waals surface area contributed by atoms with E-state index in [9.17, 15) is 4.79 Å². The lowest BCUT2D eigenvalue weighted by Crippen LogP contribution is -2.21. The maximum Gasteiger partial charge on any atom is 0.270 e. The van der Waals surface area contributed by atoms with Crippen LogP contribution in [0.25, 0.3) is 34.3 Å². The monoisotopic (exact) mass is 414 g/mol. The summed E-state index contributed by atoms with van der Waals surface area (Å²) in [4.78, 5) is 22.4. The molecule has 0 saturated heterocycles. The molecule has 0 fully saturated rings. The summed E-state index contributed by atoms with van der Waals surface area (Å²) in [7, 11) is 3.43. The molecule has 156 valence electrons. The molecular formula is C23H22N6O2. The first-order valence-electron chi connectivity index (χ1n) is 9.84. The van der Waals surface area contributed by atoms with Crippen LogP contribution in [-0.4, -0.2) is 45.1 Å². The first kappa shape index (κ1) is 20.2. The van der Waals surface area contributed by atoms with Crippen LogP contribution in [0.3, 0.4) is 0 Å². The Kier molecular flexibility index (Phi) is 5.44. The van der Waals surface area contributed by atoms with Gasteiger partial charge in [0.1, 0.15) is 0 Å². The smallest absolute Gasteiger partial charge is 0.270 e. The highest BCUT2D eigenvalue weighted by molar-refractivity contribution is 5.94. The number of hydrogen-bond donors (Lipinski definition) is 1. The van der Waals surface area contributed by atoms with Crippen LogP contribution in [0.15, 0.2) is 59.1 Å². The van der Waals surface area contributed by atoms with E-state index in [1.807, 2.05) is 36.4 Å². The van der Waals surface area contributed by atoms with E-state index in [1.54, 1.807) is 32.4 Å². The number of nitrogens with zero attached hydrogens (tertiary/aromatic N) is 5. The highest BCUT2D eigenvalue weighted by Gasteiger charge is 2.17. The maximum absolute atomic E-state index is 12.1. The molecule has 0 spiro atoms. The van der Waals surface area contributed by atoms with Gasteiger partial charge in [0.2, 0.25) is 5.89 Å². The van der Waals surface area contributed by atoms with E-state index in [0.29, 0.717) is 22.8 Å². The maximum atomic E-state index is 12.1. The predicted molar refractivity (Wildman–Crippen MR) is 118 cm³/mol. The van der Waals surface area contributed by atoms with Crippen molar-refractivity contribution in [3.63, 3.8) is 0 Å². The van der Waals surface area contributed by atoms with Crippen LogP contribution < -0.4 is 5.73 Å². The Hall–Kier alpha value is -4.07. The number of nitrogen functional groups attached to an aromatic ring is 1. The van der Waals surface area contributed by atoms with Crippen LogP contribution in [0.2, 0.25) is 0 Å². The minimum Gasteiger partial charge on any atom is -0.414 e. The number of aryl methyl sites for hydroxylation is 1. The zero-order valence-electron chi connectivity index (χ0n) is 17.5. The number of benzene rings is 2. The van der Waals surface area contributed by atoms with Crippen molar-refractivity contribution in [1.82, 2.24) is 25.1 Å². The molecule has 2 heterocycles. The summed E-state index contributed by atoms with van der Waals surface area (Å²) < 4.78 is 5.82. The number of rotatable bonds is 5. The number of nitrogens with two attached hydrogens (primary N) is 1. The van der Waals surface area contributed by atoms with Crippen LogP contribution in [0.4, 0.5) is 5.82 Å². The Balaban J connectivity index is 1.64. The van der Waals surface area contributed by atoms with Gasteiger partial charge in [-0.3, -0.25) is 4.79 Å². The molecule has 0 bridgehead atoms. The fourth-order valence-corrected chi connectivity index (χ4v) is 3.06. The lowest BCUT2D eigenvalue weighted by Gasteiger charge is -2.10. The van der Waals surface area contributed by atoms with E-state index >= 15 is 0 Å². The van der Waals surface area contributed by atoms with E-state index in [1.165, 1.54) is 10.5 Å². The highest BCUT2D eigenvalue weighted by atomic mass is 16.4. The minimum atomic E-state index is -0.0685. The van der Waals surface area contributed by atoms with Crippen molar-refractivity contribution in [3.05, 3.63) is 65.9 Å². The first-order valence-corrected chi connectivity index (χ1v) is 9.84. The fraction of sp³-hybridized carbons (Fsp3) is 0.174. The molecular weight excluding hydrogens is 392 g/mol. The third-order valence-electron chi connectivity index (χ3n) is 4.87. The topological polar surface area (TPSA) is 111 Å². The van der Waals surface area contributed by atoms with Crippen LogP contribution in [0.5, 0.6) is 0 Å². The van der Waals surface area contributed by atoms with Gasteiger partial charge in [0.15, 0.2) is 11.5 Å². The molecule has 0 unspecified atom stereocenters. The van der Waals surface area contributed by atoms with Crippen molar-refractivity contribution in [2.75, 3.05) is 19.8 Å². The molecule has 1 amide bonds. The standard InChI is InChI=1S/C23H22N6O2/c1-4-14-5-7-16(8-6-14)21-27-28-22(31-21)19-20(24)25-13-18(26-19)15-9-11-17(12-10-15)23(30)29(2)3/h5-13H,4H2,1-3H3,(H2,24,25). The second-order valence-corrected chi connectivity index (χ2v) is 7.23. The second kappa shape index (κ2) is 8.35. The number of hydrogen-bond acceptors (Lipinski definition) is 7. The molecule has 0 aliphatic rings. The van der Waals surface area contributed by atoms with Gasteiger partial charge in [-0.1, -0.05) is 31.2 Å². The van der Waals surface area contributed by atoms with Gasteiger partial charge in [-0.2, -0.15) is 0 Å². The van der Waals surface area contributed by atoms with Gasteiger partial charge in [0, 0.05) is 30.8 Å². The summed E-state index contributed by atoms with van der Waals surface area (Å²) in [6, 6.07) is 15.1. The lowest BCUT2D eigenvalue weighted by atomic mass is 10.1. The van der Waals surface area contributed by atoms with Gasteiger partial charge in [-0.25, -0.2) is 9.97 Å². The molecule has 0 aliphatic carbocycles. The summed E-state index contributed by atoms with van der Waals surface area (Å²) in [5, 5.41) is 8.24. The Morgan fingerprint density at radius 3 is 2.26 bits per heavy atom. The summed E-state index contributed by atoms with van der Waals surface area (Å²) in [5.41, 5.74) is 10.4. The van der Waals surface area contributed by atoms with Gasteiger partial charge in [0.05, 0.1) is 11.9 Å². The Morgan fingerprint density at radius 2 is 1.61 bits per heavy atom. The molecule has 0 aliphatic heterocycles. The van der Waals surface area contributed by atoms with Gasteiger partial charge in [0.25, 0.3) is 11.8 Å². The quantitative estimate of drug-likeness (QED) is 0.530. The average molecular weight is 414 g/mol. The molecule has 2 aromatic heterocycles. The van der Waals surface area contributed by atoms with Gasteiger partial charge >= 0.3 is 0 Å². The Labute approximate surface area is 179 Å². The summed E-state index contributed by atoms with van der Waals surface area (Å²) in [5.74, 6) is 0.706. The molecule has 4 rings (SSSR count). The molecule has 2 N–H and O–H groups in total. The number of carbonyl (C=O) groups excluding carboxylic acids is 1. The minimum absolute atomic E-state index is 0.0685. The predicted octanol–water partition coefficient (Wildman–Crippen LogP) is 3.71. The van der Waals surface area contributed by atoms with Crippen molar-refractivity contribution in [3.8, 4) is 34.3 Å². The molecule has 0 saturated carbocycles. The van der Waals surface area contributed by atoms with Crippen LogP contribution in [0.1, 0.15) is 22.8 Å². The normalized spacial score (nSPS) is 10.8. The number of amides is 1.